The summed E-state index contributed by atoms with van der Waals surface area (Å²) in [7, 11) is -3.72. The summed E-state index contributed by atoms with van der Waals surface area (Å²) in [6, 6.07) is 2.46. The quantitative estimate of drug-likeness (QED) is 0.653. The van der Waals surface area contributed by atoms with Gasteiger partial charge in [-0.05, 0) is 31.0 Å². The average Bonchev–Trinajstić information content (AvgIpc) is 3.19. The summed E-state index contributed by atoms with van der Waals surface area (Å²) in [5, 5.41) is 14.6. The number of anilines is 1. The molecule has 2 heterocycles. The minimum absolute atomic E-state index is 0. The van der Waals surface area contributed by atoms with Gasteiger partial charge >= 0.3 is 0 Å². The van der Waals surface area contributed by atoms with E-state index in [1.54, 1.807) is 0 Å². The first-order valence-electron chi connectivity index (χ1n) is 7.94. The fourth-order valence-electron chi connectivity index (χ4n) is 2.97. The van der Waals surface area contributed by atoms with Gasteiger partial charge in [-0.15, -0.1) is 12.4 Å². The van der Waals surface area contributed by atoms with E-state index in [-0.39, 0.29) is 28.7 Å². The summed E-state index contributed by atoms with van der Waals surface area (Å²) in [5.74, 6) is -4.05. The lowest BCUT2D eigenvalue weighted by molar-refractivity contribution is -0.118. The second-order valence-corrected chi connectivity index (χ2v) is 8.21. The molecule has 2 aliphatic heterocycles. The Balaban J connectivity index is 0.00000243. The number of nitrogens with zero attached hydrogens (tertiary/aromatic N) is 1. The van der Waals surface area contributed by atoms with Crippen LogP contribution in [0.4, 0.5) is 14.5 Å². The molecule has 7 nitrogen and oxygen atoms in total. The van der Waals surface area contributed by atoms with E-state index in [0.29, 0.717) is 13.1 Å². The Morgan fingerprint density at radius 2 is 1.96 bits per heavy atom. The number of sulfonamides is 1. The van der Waals surface area contributed by atoms with Crippen LogP contribution in [0.15, 0.2) is 23.1 Å². The summed E-state index contributed by atoms with van der Waals surface area (Å²) in [4.78, 5) is 12.0. The van der Waals surface area contributed by atoms with Crippen molar-refractivity contribution in [2.24, 2.45) is 0 Å². The number of rotatable bonds is 4. The van der Waals surface area contributed by atoms with Gasteiger partial charge in [-0.1, -0.05) is 0 Å². The zero-order valence-corrected chi connectivity index (χ0v) is 15.4. The molecule has 26 heavy (non-hydrogen) atoms. The number of hydrogen-bond donors (Lipinski definition) is 3. The van der Waals surface area contributed by atoms with Gasteiger partial charge in [-0.2, -0.15) is 4.31 Å². The Kier molecular flexibility index (Phi) is 6.11. The first-order chi connectivity index (χ1) is 11.7. The minimum atomic E-state index is -3.72. The van der Waals surface area contributed by atoms with Crippen molar-refractivity contribution in [1.29, 1.82) is 0 Å². The van der Waals surface area contributed by atoms with Gasteiger partial charge in [0.2, 0.25) is 15.9 Å². The highest BCUT2D eigenvalue weighted by molar-refractivity contribution is 7.89. The Morgan fingerprint density at radius 1 is 1.31 bits per heavy atom. The molecule has 1 unspecified atom stereocenters. The van der Waals surface area contributed by atoms with E-state index in [1.807, 2.05) is 0 Å². The highest BCUT2D eigenvalue weighted by Gasteiger charge is 2.42. The van der Waals surface area contributed by atoms with E-state index in [0.717, 1.165) is 25.0 Å². The Hall–Kier alpha value is -1.49. The number of hydrogen-bond acceptors (Lipinski definition) is 5. The monoisotopic (exact) mass is 411 g/mol. The highest BCUT2D eigenvalue weighted by Crippen LogP contribution is 2.31. The molecule has 1 atom stereocenters. The first-order valence-corrected chi connectivity index (χ1v) is 9.38. The third kappa shape index (κ3) is 4.25. The van der Waals surface area contributed by atoms with Crippen LogP contribution < -0.4 is 10.6 Å². The predicted molar refractivity (Wildman–Crippen MR) is 93.3 cm³/mol. The second kappa shape index (κ2) is 7.63. The van der Waals surface area contributed by atoms with Crippen molar-refractivity contribution in [2.75, 3.05) is 25.0 Å². The molecule has 0 aliphatic carbocycles. The third-order valence-corrected chi connectivity index (χ3v) is 6.25. The molecule has 2 saturated heterocycles. The summed E-state index contributed by atoms with van der Waals surface area (Å²) in [6.07, 6.45) is 0.913. The SMILES string of the molecule is Cl.O=C(Nc1cc(S(=O)(=O)N2CCCC2)ccc1O)C1CC(F)(F)CN1. The standard InChI is InChI=1S/C15H19F2N3O4S.ClH/c16-15(17)8-12(18-9-15)14(22)19-11-7-10(3-4-13(11)21)25(23,24)20-5-1-2-6-20;/h3-4,7,12,18,21H,1-2,5-6,8-9H2,(H,19,22);1H. The molecule has 0 bridgehead atoms. The fraction of sp³-hybridized carbons (Fsp3) is 0.533. The van der Waals surface area contributed by atoms with Gasteiger partial charge < -0.3 is 10.4 Å². The Morgan fingerprint density at radius 3 is 2.54 bits per heavy atom. The summed E-state index contributed by atoms with van der Waals surface area (Å²) < 4.78 is 52.8. The normalized spacial score (nSPS) is 22.8. The van der Waals surface area contributed by atoms with E-state index >= 15 is 0 Å². The molecule has 2 aliphatic rings. The van der Waals surface area contributed by atoms with Crippen molar-refractivity contribution in [3.63, 3.8) is 0 Å². The van der Waals surface area contributed by atoms with Crippen LogP contribution in [0.5, 0.6) is 5.75 Å². The van der Waals surface area contributed by atoms with E-state index in [9.17, 15) is 27.1 Å². The number of phenolic OH excluding ortho intramolecular Hbond substituents is 1. The van der Waals surface area contributed by atoms with Crippen LogP contribution in [-0.2, 0) is 14.8 Å². The van der Waals surface area contributed by atoms with Crippen molar-refractivity contribution in [3.8, 4) is 5.75 Å². The molecule has 1 aromatic carbocycles. The lowest BCUT2D eigenvalue weighted by Crippen LogP contribution is -2.35. The van der Waals surface area contributed by atoms with Crippen LogP contribution in [0, 0.1) is 0 Å². The molecule has 11 heteroatoms. The van der Waals surface area contributed by atoms with Gasteiger partial charge in [-0.25, -0.2) is 17.2 Å². The predicted octanol–water partition coefficient (Wildman–Crippen LogP) is 1.53. The molecule has 0 spiro atoms. The van der Waals surface area contributed by atoms with Crippen molar-refractivity contribution >= 4 is 34.0 Å². The van der Waals surface area contributed by atoms with E-state index in [4.69, 9.17) is 0 Å². The number of carbonyl (C=O) groups excluding carboxylic acids is 1. The lowest BCUT2D eigenvalue weighted by Gasteiger charge is -2.17. The minimum Gasteiger partial charge on any atom is -0.506 e. The Labute approximate surface area is 156 Å². The van der Waals surface area contributed by atoms with Gasteiger partial charge in [0.15, 0.2) is 0 Å². The molecule has 0 radical (unpaired) electrons. The topological polar surface area (TPSA) is 98.7 Å². The van der Waals surface area contributed by atoms with Gasteiger partial charge in [0, 0.05) is 19.5 Å². The Bertz CT molecular complexity index is 785. The lowest BCUT2D eigenvalue weighted by atomic mass is 10.1. The number of aromatic hydroxyl groups is 1. The van der Waals surface area contributed by atoms with E-state index in [1.165, 1.54) is 10.4 Å². The van der Waals surface area contributed by atoms with Crippen LogP contribution in [0.3, 0.4) is 0 Å². The van der Waals surface area contributed by atoms with Crippen LogP contribution in [0.1, 0.15) is 19.3 Å². The van der Waals surface area contributed by atoms with Crippen molar-refractivity contribution in [2.45, 2.75) is 36.1 Å². The summed E-state index contributed by atoms with van der Waals surface area (Å²) in [5.41, 5.74) is -0.123. The fourth-order valence-corrected chi connectivity index (χ4v) is 4.52. The molecule has 1 amide bonds. The molecule has 3 N–H and O–H groups in total. The average molecular weight is 412 g/mol. The summed E-state index contributed by atoms with van der Waals surface area (Å²) in [6.45, 7) is 0.248. The maximum absolute atomic E-state index is 13.2. The molecule has 146 valence electrons. The number of halogens is 3. The summed E-state index contributed by atoms with van der Waals surface area (Å²) >= 11 is 0. The van der Waals surface area contributed by atoms with Crippen molar-refractivity contribution in [1.82, 2.24) is 9.62 Å². The maximum Gasteiger partial charge on any atom is 0.262 e. The van der Waals surface area contributed by atoms with Gasteiger partial charge in [0.1, 0.15) is 5.75 Å². The first kappa shape index (κ1) is 20.8. The van der Waals surface area contributed by atoms with Crippen molar-refractivity contribution < 1.29 is 27.1 Å². The number of phenols is 1. The van der Waals surface area contributed by atoms with Gasteiger partial charge in [0.25, 0.3) is 5.92 Å². The van der Waals surface area contributed by atoms with E-state index < -0.39 is 40.9 Å². The van der Waals surface area contributed by atoms with Crippen LogP contribution in [-0.4, -0.2) is 55.3 Å². The van der Waals surface area contributed by atoms with Crippen LogP contribution >= 0.6 is 12.4 Å². The molecular formula is C15H20ClF2N3O4S. The largest absolute Gasteiger partial charge is 0.506 e. The third-order valence-electron chi connectivity index (χ3n) is 4.36. The van der Waals surface area contributed by atoms with Gasteiger partial charge in [0.05, 0.1) is 23.2 Å². The number of benzene rings is 1. The highest BCUT2D eigenvalue weighted by atomic mass is 35.5. The molecule has 3 rings (SSSR count). The maximum atomic E-state index is 13.2. The number of carbonyl (C=O) groups is 1. The molecular weight excluding hydrogens is 392 g/mol. The number of nitrogens with one attached hydrogen (secondary N) is 2. The second-order valence-electron chi connectivity index (χ2n) is 6.27. The molecule has 0 saturated carbocycles. The number of amides is 1. The molecule has 0 aromatic heterocycles. The van der Waals surface area contributed by atoms with Crippen LogP contribution in [0.2, 0.25) is 0 Å². The molecule has 2 fully saturated rings. The smallest absolute Gasteiger partial charge is 0.262 e. The zero-order chi connectivity index (χ0) is 18.2. The molecule has 1 aromatic rings. The van der Waals surface area contributed by atoms with Gasteiger partial charge in [-0.3, -0.25) is 10.1 Å². The number of alkyl halides is 2. The van der Waals surface area contributed by atoms with Crippen LogP contribution in [0.25, 0.3) is 0 Å². The van der Waals surface area contributed by atoms with E-state index in [2.05, 4.69) is 10.6 Å². The van der Waals surface area contributed by atoms with Crippen molar-refractivity contribution in [3.05, 3.63) is 18.2 Å². The zero-order valence-electron chi connectivity index (χ0n) is 13.7.